The molecule has 0 radical (unpaired) electrons. The second kappa shape index (κ2) is 11.0. The molecule has 0 amide bonds. The van der Waals surface area contributed by atoms with Gasteiger partial charge in [0.15, 0.2) is 5.78 Å². The fourth-order valence-corrected chi connectivity index (χ4v) is 2.98. The fraction of sp³-hybridized carbons (Fsp3) is 0.545. The first kappa shape index (κ1) is 23.1. The maximum atomic E-state index is 12.2. The standard InChI is InChI=1S/C22H32O5/c1-14(2)8-6-9-15(3)10-7-11-16(4)20-19(27-17(5)24)12-18(13-23)21(25)22(20)26/h6-7,9-12,14-15,19-20,22-23,26H,8,13H2,1-5H3/b9-6+,10-7+,16-11+/t15-,19-,20-,22+/m1/s1. The third kappa shape index (κ3) is 7.27. The van der Waals surface area contributed by atoms with E-state index in [0.29, 0.717) is 5.92 Å². The maximum absolute atomic E-state index is 12.2. The summed E-state index contributed by atoms with van der Waals surface area (Å²) < 4.78 is 5.26. The maximum Gasteiger partial charge on any atom is 0.303 e. The summed E-state index contributed by atoms with van der Waals surface area (Å²) in [6.45, 7) is 8.99. The number of Topliss-reactive ketones (excluding diaryl/α,β-unsaturated/α-hetero) is 1. The largest absolute Gasteiger partial charge is 0.458 e. The van der Waals surface area contributed by atoms with Crippen LogP contribution in [0.5, 0.6) is 0 Å². The summed E-state index contributed by atoms with van der Waals surface area (Å²) in [6, 6.07) is 0. The Morgan fingerprint density at radius 3 is 2.48 bits per heavy atom. The van der Waals surface area contributed by atoms with Crippen LogP contribution >= 0.6 is 0 Å². The molecule has 0 aromatic rings. The van der Waals surface area contributed by atoms with Crippen molar-refractivity contribution in [3.63, 3.8) is 0 Å². The smallest absolute Gasteiger partial charge is 0.303 e. The topological polar surface area (TPSA) is 83.8 Å². The van der Waals surface area contributed by atoms with E-state index >= 15 is 0 Å². The summed E-state index contributed by atoms with van der Waals surface area (Å²) in [5, 5.41) is 19.7. The van der Waals surface area contributed by atoms with Crippen LogP contribution in [0.2, 0.25) is 0 Å². The van der Waals surface area contributed by atoms with Crippen molar-refractivity contribution in [1.82, 2.24) is 0 Å². The number of hydrogen-bond donors (Lipinski definition) is 2. The van der Waals surface area contributed by atoms with Crippen LogP contribution in [0.1, 0.15) is 41.0 Å². The molecule has 27 heavy (non-hydrogen) atoms. The number of ether oxygens (including phenoxy) is 1. The molecule has 0 aromatic carbocycles. The zero-order chi connectivity index (χ0) is 20.6. The molecule has 1 aliphatic carbocycles. The third-order valence-electron chi connectivity index (χ3n) is 4.46. The Hall–Kier alpha value is -1.98. The Bertz CT molecular complexity index is 639. The first-order chi connectivity index (χ1) is 12.7. The van der Waals surface area contributed by atoms with Gasteiger partial charge in [-0.15, -0.1) is 0 Å². The van der Waals surface area contributed by atoms with Crippen molar-refractivity contribution in [3.05, 3.63) is 47.6 Å². The molecule has 150 valence electrons. The lowest BCUT2D eigenvalue weighted by Gasteiger charge is -2.33. The number of hydrogen-bond acceptors (Lipinski definition) is 5. The van der Waals surface area contributed by atoms with Crippen molar-refractivity contribution >= 4 is 11.8 Å². The van der Waals surface area contributed by atoms with Crippen LogP contribution in [0.15, 0.2) is 47.6 Å². The summed E-state index contributed by atoms with van der Waals surface area (Å²) in [7, 11) is 0. The van der Waals surface area contributed by atoms with E-state index in [9.17, 15) is 19.8 Å². The van der Waals surface area contributed by atoms with Crippen LogP contribution in [0.3, 0.4) is 0 Å². The first-order valence-corrected chi connectivity index (χ1v) is 9.40. The van der Waals surface area contributed by atoms with Crippen molar-refractivity contribution < 1.29 is 24.5 Å². The van der Waals surface area contributed by atoms with Gasteiger partial charge in [-0.3, -0.25) is 9.59 Å². The average Bonchev–Trinajstić information content (AvgIpc) is 2.57. The van der Waals surface area contributed by atoms with E-state index in [1.807, 2.05) is 18.2 Å². The summed E-state index contributed by atoms with van der Waals surface area (Å²) in [5.74, 6) is -0.830. The summed E-state index contributed by atoms with van der Waals surface area (Å²) in [6.07, 6.45) is 10.4. The molecular formula is C22H32O5. The Morgan fingerprint density at radius 1 is 1.26 bits per heavy atom. The fourth-order valence-electron chi connectivity index (χ4n) is 2.98. The summed E-state index contributed by atoms with van der Waals surface area (Å²) in [5.41, 5.74) is 0.794. The monoisotopic (exact) mass is 376 g/mol. The lowest BCUT2D eigenvalue weighted by Crippen LogP contribution is -2.44. The number of esters is 1. The number of allylic oxidation sites excluding steroid dienone is 5. The van der Waals surface area contributed by atoms with Gasteiger partial charge in [-0.05, 0) is 31.3 Å². The number of ketones is 1. The number of carbonyl (C=O) groups excluding carboxylic acids is 2. The Balaban J connectivity index is 2.95. The molecule has 2 N–H and O–H groups in total. The van der Waals surface area contributed by atoms with Gasteiger partial charge in [-0.25, -0.2) is 0 Å². The molecule has 1 rings (SSSR count). The van der Waals surface area contributed by atoms with Crippen LogP contribution < -0.4 is 0 Å². The highest BCUT2D eigenvalue weighted by Gasteiger charge is 2.40. The molecule has 0 unspecified atom stereocenters. The number of aliphatic hydroxyl groups is 2. The predicted molar refractivity (Wildman–Crippen MR) is 106 cm³/mol. The van der Waals surface area contributed by atoms with Gasteiger partial charge in [0.05, 0.1) is 12.5 Å². The third-order valence-corrected chi connectivity index (χ3v) is 4.46. The Kier molecular flexibility index (Phi) is 9.39. The van der Waals surface area contributed by atoms with Crippen molar-refractivity contribution in [2.24, 2.45) is 17.8 Å². The SMILES string of the molecule is CC(=O)O[C@@H]1C=C(CO)C(=O)[C@@H](O)[C@@H]1/C(C)=C/C=C/[C@H](C)/C=C/CC(C)C. The van der Waals surface area contributed by atoms with E-state index in [2.05, 4.69) is 32.9 Å². The van der Waals surface area contributed by atoms with E-state index in [-0.39, 0.29) is 11.5 Å². The summed E-state index contributed by atoms with van der Waals surface area (Å²) in [4.78, 5) is 23.6. The molecule has 0 saturated carbocycles. The molecule has 1 aliphatic rings. The van der Waals surface area contributed by atoms with Crippen LogP contribution in [-0.4, -0.2) is 40.8 Å². The predicted octanol–water partition coefficient (Wildman–Crippen LogP) is 3.14. The average molecular weight is 376 g/mol. The Labute approximate surface area is 162 Å². The zero-order valence-corrected chi connectivity index (χ0v) is 16.9. The van der Waals surface area contributed by atoms with Crippen molar-refractivity contribution in [3.8, 4) is 0 Å². The second-order valence-electron chi connectivity index (χ2n) is 7.47. The van der Waals surface area contributed by atoms with Crippen molar-refractivity contribution in [1.29, 1.82) is 0 Å². The van der Waals surface area contributed by atoms with Crippen LogP contribution in [0, 0.1) is 17.8 Å². The van der Waals surface area contributed by atoms with Crippen molar-refractivity contribution in [2.75, 3.05) is 6.61 Å². The van der Waals surface area contributed by atoms with E-state index in [1.165, 1.54) is 13.0 Å². The van der Waals surface area contributed by atoms with Gasteiger partial charge < -0.3 is 14.9 Å². The van der Waals surface area contributed by atoms with E-state index in [4.69, 9.17) is 4.74 Å². The molecule has 4 atom stereocenters. The molecule has 0 saturated heterocycles. The quantitative estimate of drug-likeness (QED) is 0.386. The van der Waals surface area contributed by atoms with Gasteiger partial charge in [-0.1, -0.05) is 56.7 Å². The van der Waals surface area contributed by atoms with Gasteiger partial charge in [0, 0.05) is 12.5 Å². The molecular weight excluding hydrogens is 344 g/mol. The molecule has 0 fully saturated rings. The molecule has 0 bridgehead atoms. The highest BCUT2D eigenvalue weighted by atomic mass is 16.5. The molecule has 0 aliphatic heterocycles. The number of rotatable bonds is 8. The van der Waals surface area contributed by atoms with Crippen LogP contribution in [0.25, 0.3) is 0 Å². The highest BCUT2D eigenvalue weighted by molar-refractivity contribution is 6.00. The lowest BCUT2D eigenvalue weighted by atomic mass is 9.79. The second-order valence-corrected chi connectivity index (χ2v) is 7.47. The van der Waals surface area contributed by atoms with Crippen LogP contribution in [0.4, 0.5) is 0 Å². The molecule has 0 spiro atoms. The summed E-state index contributed by atoms with van der Waals surface area (Å²) >= 11 is 0. The van der Waals surface area contributed by atoms with E-state index in [0.717, 1.165) is 12.0 Å². The zero-order valence-electron chi connectivity index (χ0n) is 16.9. The molecule has 0 aromatic heterocycles. The van der Waals surface area contributed by atoms with Gasteiger partial charge in [0.2, 0.25) is 0 Å². The highest BCUT2D eigenvalue weighted by Crippen LogP contribution is 2.30. The molecule has 0 heterocycles. The van der Waals surface area contributed by atoms with Gasteiger partial charge in [-0.2, -0.15) is 0 Å². The van der Waals surface area contributed by atoms with Gasteiger partial charge >= 0.3 is 5.97 Å². The minimum atomic E-state index is -1.35. The van der Waals surface area contributed by atoms with Gasteiger partial charge in [0.25, 0.3) is 0 Å². The van der Waals surface area contributed by atoms with E-state index < -0.39 is 36.5 Å². The molecule has 5 heteroatoms. The normalized spacial score (nSPS) is 25.3. The van der Waals surface area contributed by atoms with Crippen molar-refractivity contribution in [2.45, 2.75) is 53.2 Å². The minimum absolute atomic E-state index is 0.0669. The van der Waals surface area contributed by atoms with Crippen LogP contribution in [-0.2, 0) is 14.3 Å². The van der Waals surface area contributed by atoms with Gasteiger partial charge in [0.1, 0.15) is 12.2 Å². The lowest BCUT2D eigenvalue weighted by molar-refractivity contribution is -0.150. The number of carbonyl (C=O) groups is 2. The minimum Gasteiger partial charge on any atom is -0.458 e. The number of aliphatic hydroxyl groups excluding tert-OH is 2. The molecule has 5 nitrogen and oxygen atoms in total. The first-order valence-electron chi connectivity index (χ1n) is 9.40. The Morgan fingerprint density at radius 2 is 1.93 bits per heavy atom. The van der Waals surface area contributed by atoms with E-state index in [1.54, 1.807) is 6.92 Å².